The van der Waals surface area contributed by atoms with Crippen LogP contribution in [0, 0.1) is 0 Å². The number of carbonyl (C=O) groups excluding carboxylic acids is 1. The molecule has 0 aliphatic carbocycles. The van der Waals surface area contributed by atoms with Crippen molar-refractivity contribution in [2.45, 2.75) is 6.92 Å². The average molecular weight is 274 g/mol. The Morgan fingerprint density at radius 3 is 2.95 bits per heavy atom. The van der Waals surface area contributed by atoms with Crippen molar-refractivity contribution in [2.75, 3.05) is 37.7 Å². The summed E-state index contributed by atoms with van der Waals surface area (Å²) in [7, 11) is 0. The normalized spacial score (nSPS) is 15.6. The standard InChI is InChI=1S/C15H18N2O3/c1-2-19-15(18)14-10-11-12(4-3-5-13(11)20-14)17-8-6-16-7-9-17/h3-5,10,16H,2,6-9H2,1H3. The number of nitrogens with zero attached hydrogens (tertiary/aromatic N) is 1. The molecule has 0 bridgehead atoms. The first-order chi connectivity index (χ1) is 9.79. The fraction of sp³-hybridized carbons (Fsp3) is 0.400. The van der Waals surface area contributed by atoms with Gasteiger partial charge in [0.15, 0.2) is 0 Å². The smallest absolute Gasteiger partial charge is 0.374 e. The van der Waals surface area contributed by atoms with E-state index in [9.17, 15) is 4.79 Å². The van der Waals surface area contributed by atoms with Crippen molar-refractivity contribution in [2.24, 2.45) is 0 Å². The molecular formula is C15H18N2O3. The van der Waals surface area contributed by atoms with Gasteiger partial charge in [-0.3, -0.25) is 0 Å². The van der Waals surface area contributed by atoms with E-state index in [4.69, 9.17) is 9.15 Å². The molecule has 1 N–H and O–H groups in total. The van der Waals surface area contributed by atoms with E-state index in [2.05, 4.69) is 16.3 Å². The molecule has 3 rings (SSSR count). The molecule has 106 valence electrons. The molecular weight excluding hydrogens is 256 g/mol. The van der Waals surface area contributed by atoms with Crippen molar-refractivity contribution in [1.82, 2.24) is 5.32 Å². The molecule has 1 aromatic heterocycles. The molecule has 1 fully saturated rings. The fourth-order valence-electron chi connectivity index (χ4n) is 2.53. The van der Waals surface area contributed by atoms with E-state index in [1.165, 1.54) is 0 Å². The van der Waals surface area contributed by atoms with E-state index in [1.54, 1.807) is 13.0 Å². The topological polar surface area (TPSA) is 54.7 Å². The number of nitrogens with one attached hydrogen (secondary N) is 1. The Morgan fingerprint density at radius 1 is 1.40 bits per heavy atom. The first kappa shape index (κ1) is 13.0. The highest BCUT2D eigenvalue weighted by molar-refractivity contribution is 5.98. The second kappa shape index (κ2) is 5.54. The van der Waals surface area contributed by atoms with Crippen LogP contribution < -0.4 is 10.2 Å². The maximum atomic E-state index is 11.8. The van der Waals surface area contributed by atoms with E-state index in [1.807, 2.05) is 12.1 Å². The molecule has 0 spiro atoms. The van der Waals surface area contributed by atoms with E-state index in [0.29, 0.717) is 6.61 Å². The molecule has 0 saturated carbocycles. The summed E-state index contributed by atoms with van der Waals surface area (Å²) in [5.74, 6) is -0.139. The van der Waals surface area contributed by atoms with Crippen molar-refractivity contribution < 1.29 is 13.9 Å². The number of benzene rings is 1. The molecule has 1 aliphatic rings. The lowest BCUT2D eigenvalue weighted by Crippen LogP contribution is -2.43. The number of rotatable bonds is 3. The van der Waals surface area contributed by atoms with Gasteiger partial charge < -0.3 is 19.4 Å². The predicted molar refractivity (Wildman–Crippen MR) is 77.3 cm³/mol. The van der Waals surface area contributed by atoms with Crippen LogP contribution >= 0.6 is 0 Å². The summed E-state index contributed by atoms with van der Waals surface area (Å²) in [5, 5.41) is 4.30. The Kier molecular flexibility index (Phi) is 3.60. The zero-order valence-electron chi connectivity index (χ0n) is 11.5. The summed E-state index contributed by atoms with van der Waals surface area (Å²) in [6.07, 6.45) is 0. The third-order valence-corrected chi connectivity index (χ3v) is 3.47. The summed E-state index contributed by atoms with van der Waals surface area (Å²) in [6.45, 7) is 5.99. The van der Waals surface area contributed by atoms with Crippen LogP contribution in [0.5, 0.6) is 0 Å². The number of carbonyl (C=O) groups is 1. The fourth-order valence-corrected chi connectivity index (χ4v) is 2.53. The number of anilines is 1. The van der Waals surface area contributed by atoms with E-state index in [-0.39, 0.29) is 5.76 Å². The second-order valence-electron chi connectivity index (χ2n) is 4.76. The first-order valence-corrected chi connectivity index (χ1v) is 6.95. The Balaban J connectivity index is 1.98. The highest BCUT2D eigenvalue weighted by Crippen LogP contribution is 2.30. The minimum absolute atomic E-state index is 0.268. The van der Waals surface area contributed by atoms with Crippen LogP contribution in [0.3, 0.4) is 0 Å². The Hall–Kier alpha value is -2.01. The van der Waals surface area contributed by atoms with Gasteiger partial charge in [-0.05, 0) is 19.1 Å². The third-order valence-electron chi connectivity index (χ3n) is 3.47. The van der Waals surface area contributed by atoms with Gasteiger partial charge in [-0.2, -0.15) is 0 Å². The molecule has 5 heteroatoms. The average Bonchev–Trinajstić information content (AvgIpc) is 2.92. The molecule has 1 aliphatic heterocycles. The number of hydrogen-bond acceptors (Lipinski definition) is 5. The predicted octanol–water partition coefficient (Wildman–Crippen LogP) is 2.02. The third kappa shape index (κ3) is 2.36. The van der Waals surface area contributed by atoms with Crippen molar-refractivity contribution >= 4 is 22.6 Å². The van der Waals surface area contributed by atoms with E-state index in [0.717, 1.165) is 42.8 Å². The zero-order valence-corrected chi connectivity index (χ0v) is 11.5. The Bertz CT molecular complexity index is 615. The molecule has 0 radical (unpaired) electrons. The van der Waals surface area contributed by atoms with Crippen molar-refractivity contribution in [3.05, 3.63) is 30.0 Å². The van der Waals surface area contributed by atoms with Gasteiger partial charge in [0.25, 0.3) is 0 Å². The first-order valence-electron chi connectivity index (χ1n) is 6.95. The number of ether oxygens (including phenoxy) is 1. The molecule has 2 heterocycles. The van der Waals surface area contributed by atoms with Crippen LogP contribution in [0.1, 0.15) is 17.5 Å². The minimum atomic E-state index is -0.407. The van der Waals surface area contributed by atoms with Crippen molar-refractivity contribution in [3.63, 3.8) is 0 Å². The number of piperazine rings is 1. The van der Waals surface area contributed by atoms with E-state index < -0.39 is 5.97 Å². The zero-order chi connectivity index (χ0) is 13.9. The molecule has 2 aromatic rings. The Labute approximate surface area is 117 Å². The van der Waals surface area contributed by atoms with Crippen LogP contribution in [0.15, 0.2) is 28.7 Å². The molecule has 0 unspecified atom stereocenters. The Morgan fingerprint density at radius 2 is 2.20 bits per heavy atom. The monoisotopic (exact) mass is 274 g/mol. The quantitative estimate of drug-likeness (QED) is 0.868. The van der Waals surface area contributed by atoms with Gasteiger partial charge >= 0.3 is 5.97 Å². The highest BCUT2D eigenvalue weighted by Gasteiger charge is 2.18. The molecule has 0 atom stereocenters. The van der Waals surface area contributed by atoms with Gasteiger partial charge in [-0.1, -0.05) is 6.07 Å². The van der Waals surface area contributed by atoms with E-state index >= 15 is 0 Å². The number of furan rings is 1. The van der Waals surface area contributed by atoms with Gasteiger partial charge in [0.05, 0.1) is 6.61 Å². The molecule has 0 amide bonds. The summed E-state index contributed by atoms with van der Waals surface area (Å²) in [5.41, 5.74) is 1.84. The summed E-state index contributed by atoms with van der Waals surface area (Å²) < 4.78 is 10.6. The van der Waals surface area contributed by atoms with Gasteiger partial charge in [0.2, 0.25) is 5.76 Å². The molecule has 20 heavy (non-hydrogen) atoms. The summed E-state index contributed by atoms with van der Waals surface area (Å²) >= 11 is 0. The van der Waals surface area contributed by atoms with Crippen LogP contribution in [-0.2, 0) is 4.74 Å². The van der Waals surface area contributed by atoms with Crippen LogP contribution in [0.25, 0.3) is 11.0 Å². The van der Waals surface area contributed by atoms with Crippen LogP contribution in [0.4, 0.5) is 5.69 Å². The van der Waals surface area contributed by atoms with Crippen molar-refractivity contribution in [1.29, 1.82) is 0 Å². The number of hydrogen-bond donors (Lipinski definition) is 1. The lowest BCUT2D eigenvalue weighted by molar-refractivity contribution is 0.0492. The molecule has 5 nitrogen and oxygen atoms in total. The van der Waals surface area contributed by atoms with Crippen molar-refractivity contribution in [3.8, 4) is 0 Å². The molecule has 1 saturated heterocycles. The maximum absolute atomic E-state index is 11.8. The largest absolute Gasteiger partial charge is 0.460 e. The van der Waals surface area contributed by atoms with Crippen LogP contribution in [-0.4, -0.2) is 38.8 Å². The molecule has 1 aromatic carbocycles. The highest BCUT2D eigenvalue weighted by atomic mass is 16.5. The second-order valence-corrected chi connectivity index (χ2v) is 4.76. The van der Waals surface area contributed by atoms with Gasteiger partial charge in [0, 0.05) is 43.3 Å². The SMILES string of the molecule is CCOC(=O)c1cc2c(N3CCNCC3)cccc2o1. The lowest BCUT2D eigenvalue weighted by Gasteiger charge is -2.29. The van der Waals surface area contributed by atoms with Gasteiger partial charge in [-0.25, -0.2) is 4.79 Å². The van der Waals surface area contributed by atoms with Gasteiger partial charge in [-0.15, -0.1) is 0 Å². The summed E-state index contributed by atoms with van der Waals surface area (Å²) in [4.78, 5) is 14.1. The van der Waals surface area contributed by atoms with Gasteiger partial charge in [0.1, 0.15) is 5.58 Å². The lowest BCUT2D eigenvalue weighted by atomic mass is 10.2. The summed E-state index contributed by atoms with van der Waals surface area (Å²) in [6, 6.07) is 7.69. The minimum Gasteiger partial charge on any atom is -0.460 e. The van der Waals surface area contributed by atoms with Crippen LogP contribution in [0.2, 0.25) is 0 Å². The number of esters is 1. The number of fused-ring (bicyclic) bond motifs is 1. The maximum Gasteiger partial charge on any atom is 0.374 e.